The van der Waals surface area contributed by atoms with Gasteiger partial charge in [-0.05, 0) is 31.2 Å². The maximum absolute atomic E-state index is 10.1. The fraction of sp³-hybridized carbons (Fsp3) is 0.308. The fourth-order valence-electron chi connectivity index (χ4n) is 1.53. The van der Waals surface area contributed by atoms with E-state index in [0.717, 1.165) is 21.5 Å². The predicted octanol–water partition coefficient (Wildman–Crippen LogP) is 3.49. The minimum atomic E-state index is -0.473. The molecule has 2 aromatic rings. The van der Waals surface area contributed by atoms with E-state index in [1.807, 2.05) is 42.1 Å². The summed E-state index contributed by atoms with van der Waals surface area (Å²) >= 11 is 5.04. The Balaban J connectivity index is 1.91. The van der Waals surface area contributed by atoms with E-state index in [9.17, 15) is 5.11 Å². The standard InChI is InChI=1S/C13H15BrN2OS/c1-2-16-8-10(7-15-16)13(17)9-18-12-5-3-11(14)4-6-12/h3-8,13,17H,2,9H2,1H3. The molecule has 1 aromatic carbocycles. The zero-order valence-corrected chi connectivity index (χ0v) is 12.5. The minimum absolute atomic E-state index is 0.473. The Kier molecular flexibility index (Phi) is 4.86. The second-order valence-electron chi connectivity index (χ2n) is 3.91. The Labute approximate surface area is 119 Å². The van der Waals surface area contributed by atoms with Crippen LogP contribution in [0.2, 0.25) is 0 Å². The van der Waals surface area contributed by atoms with Gasteiger partial charge in [0.05, 0.1) is 12.3 Å². The van der Waals surface area contributed by atoms with Crippen molar-refractivity contribution in [3.63, 3.8) is 0 Å². The van der Waals surface area contributed by atoms with Crippen LogP contribution >= 0.6 is 27.7 Å². The Hall–Kier alpha value is -0.780. The third-order valence-corrected chi connectivity index (χ3v) is 4.20. The molecule has 0 aliphatic rings. The van der Waals surface area contributed by atoms with Crippen LogP contribution in [-0.4, -0.2) is 20.6 Å². The SMILES string of the molecule is CCn1cc(C(O)CSc2ccc(Br)cc2)cn1. The van der Waals surface area contributed by atoms with Crippen molar-refractivity contribution in [1.29, 1.82) is 0 Å². The van der Waals surface area contributed by atoms with Gasteiger partial charge in [-0.1, -0.05) is 15.9 Å². The van der Waals surface area contributed by atoms with Crippen LogP contribution in [0.25, 0.3) is 0 Å². The number of aliphatic hydroxyl groups is 1. The summed E-state index contributed by atoms with van der Waals surface area (Å²) in [6.07, 6.45) is 3.15. The highest BCUT2D eigenvalue weighted by Gasteiger charge is 2.10. The van der Waals surface area contributed by atoms with E-state index in [2.05, 4.69) is 21.0 Å². The lowest BCUT2D eigenvalue weighted by atomic mass is 10.2. The molecule has 0 spiro atoms. The van der Waals surface area contributed by atoms with Gasteiger partial charge in [0.15, 0.2) is 0 Å². The normalized spacial score (nSPS) is 12.6. The summed E-state index contributed by atoms with van der Waals surface area (Å²) in [7, 11) is 0. The summed E-state index contributed by atoms with van der Waals surface area (Å²) in [5, 5.41) is 14.2. The molecule has 0 amide bonds. The lowest BCUT2D eigenvalue weighted by Gasteiger charge is -2.07. The number of hydrogen-bond donors (Lipinski definition) is 1. The highest BCUT2D eigenvalue weighted by atomic mass is 79.9. The molecule has 0 aliphatic carbocycles. The molecule has 0 saturated carbocycles. The summed E-state index contributed by atoms with van der Waals surface area (Å²) < 4.78 is 2.89. The average molecular weight is 327 g/mol. The van der Waals surface area contributed by atoms with Crippen molar-refractivity contribution in [2.75, 3.05) is 5.75 Å². The van der Waals surface area contributed by atoms with E-state index in [1.54, 1.807) is 18.0 Å². The van der Waals surface area contributed by atoms with E-state index < -0.39 is 6.10 Å². The van der Waals surface area contributed by atoms with Crippen LogP contribution < -0.4 is 0 Å². The number of aliphatic hydroxyl groups excluding tert-OH is 1. The highest BCUT2D eigenvalue weighted by Crippen LogP contribution is 2.25. The smallest absolute Gasteiger partial charge is 0.0914 e. The molecule has 3 nitrogen and oxygen atoms in total. The molecule has 0 saturated heterocycles. The minimum Gasteiger partial charge on any atom is -0.387 e. The predicted molar refractivity (Wildman–Crippen MR) is 77.7 cm³/mol. The number of hydrogen-bond acceptors (Lipinski definition) is 3. The molecule has 1 aromatic heterocycles. The first-order chi connectivity index (χ1) is 8.69. The second kappa shape index (κ2) is 6.41. The topological polar surface area (TPSA) is 38.0 Å². The van der Waals surface area contributed by atoms with Crippen LogP contribution in [-0.2, 0) is 6.54 Å². The molecule has 5 heteroatoms. The molecule has 0 fully saturated rings. The van der Waals surface area contributed by atoms with Crippen LogP contribution in [0.3, 0.4) is 0 Å². The van der Waals surface area contributed by atoms with Crippen molar-refractivity contribution in [1.82, 2.24) is 9.78 Å². The molecule has 18 heavy (non-hydrogen) atoms. The van der Waals surface area contributed by atoms with E-state index in [-0.39, 0.29) is 0 Å². The van der Waals surface area contributed by atoms with Gasteiger partial charge in [-0.15, -0.1) is 11.8 Å². The van der Waals surface area contributed by atoms with Crippen molar-refractivity contribution < 1.29 is 5.11 Å². The van der Waals surface area contributed by atoms with E-state index in [1.165, 1.54) is 0 Å². The van der Waals surface area contributed by atoms with Crippen LogP contribution in [0.5, 0.6) is 0 Å². The maximum Gasteiger partial charge on any atom is 0.0914 e. The number of halogens is 1. The summed E-state index contributed by atoms with van der Waals surface area (Å²) in [6, 6.07) is 8.08. The van der Waals surface area contributed by atoms with Crippen LogP contribution in [0.4, 0.5) is 0 Å². The first-order valence-corrected chi connectivity index (χ1v) is 7.55. The van der Waals surface area contributed by atoms with Crippen LogP contribution in [0.15, 0.2) is 46.0 Å². The Morgan fingerprint density at radius 1 is 1.39 bits per heavy atom. The lowest BCUT2D eigenvalue weighted by molar-refractivity contribution is 0.204. The number of thioether (sulfide) groups is 1. The Morgan fingerprint density at radius 2 is 2.11 bits per heavy atom. The largest absolute Gasteiger partial charge is 0.387 e. The average Bonchev–Trinajstić information content (AvgIpc) is 2.86. The number of aryl methyl sites for hydroxylation is 1. The summed E-state index contributed by atoms with van der Waals surface area (Å²) in [6.45, 7) is 2.85. The van der Waals surface area contributed by atoms with Crippen molar-refractivity contribution in [3.05, 3.63) is 46.7 Å². The quantitative estimate of drug-likeness (QED) is 0.855. The second-order valence-corrected chi connectivity index (χ2v) is 5.92. The van der Waals surface area contributed by atoms with E-state index in [4.69, 9.17) is 0 Å². The van der Waals surface area contributed by atoms with Crippen molar-refractivity contribution >= 4 is 27.7 Å². The Morgan fingerprint density at radius 3 is 2.72 bits per heavy atom. The molecule has 1 heterocycles. The summed E-state index contributed by atoms with van der Waals surface area (Å²) in [5.74, 6) is 0.636. The van der Waals surface area contributed by atoms with E-state index >= 15 is 0 Å². The molecule has 0 bridgehead atoms. The molecule has 0 aliphatic heterocycles. The van der Waals surface area contributed by atoms with Gasteiger partial charge in [-0.3, -0.25) is 4.68 Å². The number of rotatable bonds is 5. The van der Waals surface area contributed by atoms with Gasteiger partial charge in [0.2, 0.25) is 0 Å². The first kappa shape index (κ1) is 13.6. The van der Waals surface area contributed by atoms with Crippen molar-refractivity contribution in [2.24, 2.45) is 0 Å². The van der Waals surface area contributed by atoms with E-state index in [0.29, 0.717) is 5.75 Å². The van der Waals surface area contributed by atoms with Crippen molar-refractivity contribution in [3.8, 4) is 0 Å². The molecule has 2 rings (SSSR count). The third kappa shape index (κ3) is 3.60. The molecular weight excluding hydrogens is 312 g/mol. The number of aromatic nitrogens is 2. The highest BCUT2D eigenvalue weighted by molar-refractivity contribution is 9.10. The Bertz CT molecular complexity index is 498. The van der Waals surface area contributed by atoms with Gasteiger partial charge in [-0.25, -0.2) is 0 Å². The summed E-state index contributed by atoms with van der Waals surface area (Å²) in [4.78, 5) is 1.15. The molecule has 1 atom stereocenters. The molecular formula is C13H15BrN2OS. The molecule has 1 unspecified atom stereocenters. The fourth-order valence-corrected chi connectivity index (χ4v) is 2.66. The molecule has 1 N–H and O–H groups in total. The van der Waals surface area contributed by atoms with Gasteiger partial charge in [0.1, 0.15) is 0 Å². The van der Waals surface area contributed by atoms with Gasteiger partial charge in [0, 0.05) is 33.4 Å². The summed E-state index contributed by atoms with van der Waals surface area (Å²) in [5.41, 5.74) is 0.876. The van der Waals surface area contributed by atoms with Crippen LogP contribution in [0.1, 0.15) is 18.6 Å². The van der Waals surface area contributed by atoms with Gasteiger partial charge < -0.3 is 5.11 Å². The number of nitrogens with zero attached hydrogens (tertiary/aromatic N) is 2. The van der Waals surface area contributed by atoms with Gasteiger partial charge in [0.25, 0.3) is 0 Å². The van der Waals surface area contributed by atoms with Gasteiger partial charge >= 0.3 is 0 Å². The first-order valence-electron chi connectivity index (χ1n) is 5.78. The molecule has 0 radical (unpaired) electrons. The maximum atomic E-state index is 10.1. The third-order valence-electron chi connectivity index (χ3n) is 2.58. The van der Waals surface area contributed by atoms with Crippen molar-refractivity contribution in [2.45, 2.75) is 24.5 Å². The zero-order valence-electron chi connectivity index (χ0n) is 10.1. The number of benzene rings is 1. The zero-order chi connectivity index (χ0) is 13.0. The molecule has 96 valence electrons. The van der Waals surface area contributed by atoms with Crippen LogP contribution in [0, 0.1) is 0 Å². The van der Waals surface area contributed by atoms with Gasteiger partial charge in [-0.2, -0.15) is 5.10 Å². The lowest BCUT2D eigenvalue weighted by Crippen LogP contribution is -1.99. The monoisotopic (exact) mass is 326 g/mol.